The van der Waals surface area contributed by atoms with Crippen LogP contribution in [0.5, 0.6) is 5.75 Å². The smallest absolute Gasteiger partial charge is 0.342 e. The van der Waals surface area contributed by atoms with Crippen LogP contribution < -0.4 is 9.64 Å². The molecule has 0 aliphatic heterocycles. The summed E-state index contributed by atoms with van der Waals surface area (Å²) in [6.45, 7) is 2.94. The number of esters is 1. The van der Waals surface area contributed by atoms with E-state index in [1.54, 1.807) is 23.1 Å². The van der Waals surface area contributed by atoms with Crippen LogP contribution in [-0.2, 0) is 29.3 Å². The first-order chi connectivity index (χ1) is 22.3. The molecule has 234 valence electrons. The molecule has 1 amide bonds. The van der Waals surface area contributed by atoms with Gasteiger partial charge in [-0.25, -0.2) is 9.10 Å². The Balaban J connectivity index is 1.42. The van der Waals surface area contributed by atoms with Crippen molar-refractivity contribution in [1.82, 2.24) is 4.31 Å². The Hall–Kier alpha value is -4.37. The molecule has 5 rings (SSSR count). The summed E-state index contributed by atoms with van der Waals surface area (Å²) in [5, 5.41) is 0. The molecule has 0 spiro atoms. The van der Waals surface area contributed by atoms with E-state index in [1.807, 2.05) is 115 Å². The third-order valence-electron chi connectivity index (χ3n) is 7.14. The van der Waals surface area contributed by atoms with Gasteiger partial charge in [-0.2, -0.15) is 0 Å². The molecule has 0 saturated heterocycles. The average molecular weight is 696 g/mol. The number of ether oxygens (including phenoxy) is 2. The van der Waals surface area contributed by atoms with Gasteiger partial charge in [-0.3, -0.25) is 4.79 Å². The molecular formula is C38H35BrN2O4S. The molecule has 5 aromatic carbocycles. The molecule has 0 aliphatic rings. The van der Waals surface area contributed by atoms with Crippen molar-refractivity contribution in [1.29, 1.82) is 0 Å². The second-order valence-electron chi connectivity index (χ2n) is 10.8. The molecule has 0 atom stereocenters. The molecule has 0 bridgehead atoms. The topological polar surface area (TPSA) is 59.1 Å². The highest BCUT2D eigenvalue weighted by molar-refractivity contribution is 9.10. The van der Waals surface area contributed by atoms with E-state index in [9.17, 15) is 9.59 Å². The van der Waals surface area contributed by atoms with Crippen LogP contribution in [0.2, 0.25) is 0 Å². The lowest BCUT2D eigenvalue weighted by Gasteiger charge is -2.26. The maximum atomic E-state index is 14.0. The van der Waals surface area contributed by atoms with Crippen LogP contribution in [0.15, 0.2) is 137 Å². The summed E-state index contributed by atoms with van der Waals surface area (Å²) in [6.07, 6.45) is 0. The molecule has 0 aliphatic carbocycles. The summed E-state index contributed by atoms with van der Waals surface area (Å²) in [7, 11) is 1.90. The Kier molecular flexibility index (Phi) is 11.7. The minimum atomic E-state index is -0.501. The minimum absolute atomic E-state index is 0.0987. The number of hydrogen-bond acceptors (Lipinski definition) is 6. The van der Waals surface area contributed by atoms with Crippen LogP contribution in [0.25, 0.3) is 0 Å². The van der Waals surface area contributed by atoms with Crippen molar-refractivity contribution in [3.8, 4) is 5.75 Å². The summed E-state index contributed by atoms with van der Waals surface area (Å²) >= 11 is 5.01. The van der Waals surface area contributed by atoms with Crippen molar-refractivity contribution in [2.24, 2.45) is 0 Å². The fourth-order valence-corrected chi connectivity index (χ4v) is 5.74. The summed E-state index contributed by atoms with van der Waals surface area (Å²) in [5.41, 5.74) is 4.89. The van der Waals surface area contributed by atoms with Gasteiger partial charge in [0.05, 0.1) is 13.1 Å². The second kappa shape index (κ2) is 16.3. The molecule has 6 nitrogen and oxygen atoms in total. The van der Waals surface area contributed by atoms with Crippen molar-refractivity contribution in [2.75, 3.05) is 18.5 Å². The van der Waals surface area contributed by atoms with Gasteiger partial charge in [0.1, 0.15) is 24.5 Å². The van der Waals surface area contributed by atoms with Crippen molar-refractivity contribution in [3.05, 3.63) is 160 Å². The molecule has 46 heavy (non-hydrogen) atoms. The zero-order valence-corrected chi connectivity index (χ0v) is 28.2. The first-order valence-corrected chi connectivity index (χ1v) is 16.4. The van der Waals surface area contributed by atoms with Crippen LogP contribution in [0.1, 0.15) is 32.6 Å². The lowest BCUT2D eigenvalue weighted by Crippen LogP contribution is -2.37. The number of amides is 1. The van der Waals surface area contributed by atoms with Gasteiger partial charge < -0.3 is 14.4 Å². The molecule has 5 aromatic rings. The van der Waals surface area contributed by atoms with Gasteiger partial charge >= 0.3 is 5.97 Å². The van der Waals surface area contributed by atoms with E-state index in [4.69, 9.17) is 9.47 Å². The number of anilines is 1. The summed E-state index contributed by atoms with van der Waals surface area (Å²) in [4.78, 5) is 30.1. The van der Waals surface area contributed by atoms with Gasteiger partial charge in [-0.05, 0) is 79.0 Å². The Labute approximate surface area is 283 Å². The van der Waals surface area contributed by atoms with Crippen LogP contribution in [0.4, 0.5) is 5.69 Å². The quantitative estimate of drug-likeness (QED) is 0.0907. The van der Waals surface area contributed by atoms with Crippen molar-refractivity contribution >= 4 is 45.4 Å². The standard InChI is InChI=1S/C38H35BrN2O4S/c1-28-13-20-34(21-14-28)46-40(2)25-37(42)41(24-29-15-17-32(39)18-16-29)33-19-22-35(38(43)45-27-31-11-7-4-8-12-31)36(23-33)44-26-30-9-5-3-6-10-30/h3-23H,24-27H2,1-2H3. The van der Waals surface area contributed by atoms with E-state index in [0.29, 0.717) is 23.5 Å². The van der Waals surface area contributed by atoms with E-state index in [1.165, 1.54) is 17.5 Å². The maximum Gasteiger partial charge on any atom is 0.342 e. The number of benzene rings is 5. The highest BCUT2D eigenvalue weighted by atomic mass is 79.9. The van der Waals surface area contributed by atoms with E-state index >= 15 is 0 Å². The van der Waals surface area contributed by atoms with E-state index < -0.39 is 5.97 Å². The third kappa shape index (κ3) is 9.57. The fourth-order valence-electron chi connectivity index (χ4n) is 4.69. The molecule has 0 fully saturated rings. The van der Waals surface area contributed by atoms with E-state index in [-0.39, 0.29) is 25.7 Å². The molecular weight excluding hydrogens is 660 g/mol. The van der Waals surface area contributed by atoms with Crippen molar-refractivity contribution < 1.29 is 19.1 Å². The first kappa shape index (κ1) is 33.0. The Morgan fingerprint density at radius 2 is 1.37 bits per heavy atom. The normalized spacial score (nSPS) is 10.9. The van der Waals surface area contributed by atoms with Crippen LogP contribution in [-0.4, -0.2) is 29.8 Å². The van der Waals surface area contributed by atoms with Crippen LogP contribution >= 0.6 is 27.9 Å². The SMILES string of the molecule is Cc1ccc(SN(C)CC(=O)N(Cc2ccc(Br)cc2)c2ccc(C(=O)OCc3ccccc3)c(OCc3ccccc3)c2)cc1. The van der Waals surface area contributed by atoms with Gasteiger partial charge in [0.2, 0.25) is 5.91 Å². The molecule has 0 saturated carbocycles. The number of hydrogen-bond donors (Lipinski definition) is 0. The average Bonchev–Trinajstić information content (AvgIpc) is 3.07. The Morgan fingerprint density at radius 3 is 2.02 bits per heavy atom. The number of likely N-dealkylation sites (N-methyl/N-ethyl adjacent to an activating group) is 1. The number of carbonyl (C=O) groups excluding carboxylic acids is 2. The van der Waals surface area contributed by atoms with Crippen molar-refractivity contribution in [3.63, 3.8) is 0 Å². The molecule has 0 heterocycles. The van der Waals surface area contributed by atoms with Crippen LogP contribution in [0.3, 0.4) is 0 Å². The Bertz CT molecular complexity index is 1730. The number of aryl methyl sites for hydroxylation is 1. The number of halogens is 1. The molecule has 0 N–H and O–H groups in total. The first-order valence-electron chi connectivity index (χ1n) is 14.9. The largest absolute Gasteiger partial charge is 0.488 e. The summed E-state index contributed by atoms with van der Waals surface area (Å²) < 4.78 is 14.8. The van der Waals surface area contributed by atoms with Gasteiger partial charge in [0, 0.05) is 21.1 Å². The highest BCUT2D eigenvalue weighted by Crippen LogP contribution is 2.30. The van der Waals surface area contributed by atoms with Gasteiger partial charge in [0.25, 0.3) is 0 Å². The van der Waals surface area contributed by atoms with Crippen LogP contribution in [0, 0.1) is 6.92 Å². The lowest BCUT2D eigenvalue weighted by molar-refractivity contribution is -0.118. The minimum Gasteiger partial charge on any atom is -0.488 e. The fraction of sp³-hybridized carbons (Fsp3) is 0.158. The zero-order valence-electron chi connectivity index (χ0n) is 25.8. The number of rotatable bonds is 13. The van der Waals surface area contributed by atoms with Gasteiger partial charge in [0.15, 0.2) is 0 Å². The molecule has 8 heteroatoms. The molecule has 0 unspecified atom stereocenters. The van der Waals surface area contributed by atoms with Gasteiger partial charge in [-0.1, -0.05) is 106 Å². The Morgan fingerprint density at radius 1 is 0.739 bits per heavy atom. The van der Waals surface area contributed by atoms with Crippen molar-refractivity contribution in [2.45, 2.75) is 31.6 Å². The predicted octanol–water partition coefficient (Wildman–Crippen LogP) is 8.87. The summed E-state index contributed by atoms with van der Waals surface area (Å²) in [5.74, 6) is -0.257. The number of nitrogens with zero attached hydrogens (tertiary/aromatic N) is 2. The zero-order chi connectivity index (χ0) is 32.3. The predicted molar refractivity (Wildman–Crippen MR) is 188 cm³/mol. The second-order valence-corrected chi connectivity index (χ2v) is 13.0. The van der Waals surface area contributed by atoms with E-state index in [0.717, 1.165) is 26.1 Å². The lowest BCUT2D eigenvalue weighted by atomic mass is 10.1. The monoisotopic (exact) mass is 694 g/mol. The van der Waals surface area contributed by atoms with Gasteiger partial charge in [-0.15, -0.1) is 0 Å². The third-order valence-corrected chi connectivity index (χ3v) is 8.59. The molecule has 0 radical (unpaired) electrons. The maximum absolute atomic E-state index is 14.0. The highest BCUT2D eigenvalue weighted by Gasteiger charge is 2.23. The number of carbonyl (C=O) groups is 2. The molecule has 0 aromatic heterocycles. The van der Waals surface area contributed by atoms with E-state index in [2.05, 4.69) is 28.1 Å². The summed E-state index contributed by atoms with van der Waals surface area (Å²) in [6, 6.07) is 40.6.